The van der Waals surface area contributed by atoms with E-state index in [0.717, 1.165) is 4.47 Å². The Morgan fingerprint density at radius 1 is 1.22 bits per heavy atom. The molecule has 0 radical (unpaired) electrons. The second-order valence-electron chi connectivity index (χ2n) is 4.71. The third-order valence-corrected chi connectivity index (χ3v) is 4.67. The van der Waals surface area contributed by atoms with Gasteiger partial charge >= 0.3 is 11.9 Å². The van der Waals surface area contributed by atoms with E-state index in [1.54, 1.807) is 26.0 Å². The fourth-order valence-electron chi connectivity index (χ4n) is 2.37. The van der Waals surface area contributed by atoms with E-state index in [1.165, 1.54) is 0 Å². The number of carbonyl (C=O) groups excluding carboxylic acids is 2. The number of alkyl halides is 1. The molecular formula is C16H16Br2O5. The first-order valence-corrected chi connectivity index (χ1v) is 9.01. The van der Waals surface area contributed by atoms with E-state index < -0.39 is 17.5 Å². The van der Waals surface area contributed by atoms with Gasteiger partial charge in [0.1, 0.15) is 5.57 Å². The standard InChI is InChI=1S/C16H16Br2O5/c1-3-21-13-12(14(19)22-4-2)16(9-17,23-15(13)20)10-5-7-11(18)8-6-10/h5-8H,3-4,9H2,1-2H3. The second-order valence-corrected chi connectivity index (χ2v) is 6.19. The van der Waals surface area contributed by atoms with Gasteiger partial charge in [0, 0.05) is 10.0 Å². The van der Waals surface area contributed by atoms with Crippen molar-refractivity contribution in [3.8, 4) is 0 Å². The van der Waals surface area contributed by atoms with Gasteiger partial charge in [-0.3, -0.25) is 0 Å². The summed E-state index contributed by atoms with van der Waals surface area (Å²) in [7, 11) is 0. The summed E-state index contributed by atoms with van der Waals surface area (Å²) in [6.07, 6.45) is 0. The molecule has 1 aliphatic heterocycles. The van der Waals surface area contributed by atoms with Crippen molar-refractivity contribution < 1.29 is 23.8 Å². The minimum absolute atomic E-state index is 0.0883. The summed E-state index contributed by atoms with van der Waals surface area (Å²) in [6.45, 7) is 3.86. The first-order chi connectivity index (χ1) is 11.0. The van der Waals surface area contributed by atoms with Crippen molar-refractivity contribution >= 4 is 43.8 Å². The summed E-state index contributed by atoms with van der Waals surface area (Å²) in [6, 6.07) is 7.20. The van der Waals surface area contributed by atoms with Crippen molar-refractivity contribution in [2.24, 2.45) is 0 Å². The molecule has 1 aliphatic rings. The highest BCUT2D eigenvalue weighted by atomic mass is 79.9. The Balaban J connectivity index is 2.62. The molecule has 5 nitrogen and oxygen atoms in total. The minimum atomic E-state index is -1.27. The fraction of sp³-hybridized carbons (Fsp3) is 0.375. The van der Waals surface area contributed by atoms with Crippen LogP contribution in [0.15, 0.2) is 40.1 Å². The van der Waals surface area contributed by atoms with E-state index in [0.29, 0.717) is 5.56 Å². The van der Waals surface area contributed by atoms with Crippen LogP contribution < -0.4 is 0 Å². The summed E-state index contributed by atoms with van der Waals surface area (Å²) in [5.74, 6) is -1.38. The summed E-state index contributed by atoms with van der Waals surface area (Å²) in [5.41, 5.74) is -0.525. The number of hydrogen-bond donors (Lipinski definition) is 0. The quantitative estimate of drug-likeness (QED) is 0.493. The maximum Gasteiger partial charge on any atom is 0.375 e. The summed E-state index contributed by atoms with van der Waals surface area (Å²) < 4.78 is 16.9. The fourth-order valence-corrected chi connectivity index (χ4v) is 3.35. The maximum absolute atomic E-state index is 12.5. The van der Waals surface area contributed by atoms with Gasteiger partial charge in [0.05, 0.1) is 18.5 Å². The lowest BCUT2D eigenvalue weighted by Gasteiger charge is -2.28. The molecule has 0 N–H and O–H groups in total. The van der Waals surface area contributed by atoms with Crippen molar-refractivity contribution in [2.45, 2.75) is 19.4 Å². The van der Waals surface area contributed by atoms with Crippen LogP contribution in [0, 0.1) is 0 Å². The highest BCUT2D eigenvalue weighted by molar-refractivity contribution is 9.10. The lowest BCUT2D eigenvalue weighted by molar-refractivity contribution is -0.150. The zero-order valence-electron chi connectivity index (χ0n) is 12.7. The number of benzene rings is 1. The third kappa shape index (κ3) is 3.30. The smallest absolute Gasteiger partial charge is 0.375 e. The van der Waals surface area contributed by atoms with Gasteiger partial charge in [-0.15, -0.1) is 0 Å². The van der Waals surface area contributed by atoms with Gasteiger partial charge in [-0.2, -0.15) is 0 Å². The van der Waals surface area contributed by atoms with E-state index >= 15 is 0 Å². The van der Waals surface area contributed by atoms with Gasteiger partial charge in [-0.25, -0.2) is 9.59 Å². The number of rotatable bonds is 6. The largest absolute Gasteiger partial charge is 0.486 e. The molecule has 1 aromatic carbocycles. The van der Waals surface area contributed by atoms with Crippen LogP contribution in [0.4, 0.5) is 0 Å². The number of cyclic esters (lactones) is 1. The van der Waals surface area contributed by atoms with Crippen LogP contribution in [0.3, 0.4) is 0 Å². The van der Waals surface area contributed by atoms with Crippen LogP contribution in [0.5, 0.6) is 0 Å². The summed E-state index contributed by atoms with van der Waals surface area (Å²) in [4.78, 5) is 24.7. The van der Waals surface area contributed by atoms with Crippen molar-refractivity contribution in [1.29, 1.82) is 0 Å². The van der Waals surface area contributed by atoms with Crippen molar-refractivity contribution in [2.75, 3.05) is 18.5 Å². The normalized spacial score (nSPS) is 20.4. The van der Waals surface area contributed by atoms with E-state index in [1.807, 2.05) is 12.1 Å². The average molecular weight is 448 g/mol. The van der Waals surface area contributed by atoms with Crippen molar-refractivity contribution in [1.82, 2.24) is 0 Å². The highest BCUT2D eigenvalue weighted by Gasteiger charge is 2.53. The van der Waals surface area contributed by atoms with Crippen LogP contribution in [0.2, 0.25) is 0 Å². The molecular weight excluding hydrogens is 432 g/mol. The van der Waals surface area contributed by atoms with E-state index in [2.05, 4.69) is 31.9 Å². The Labute approximate surface area is 151 Å². The summed E-state index contributed by atoms with van der Waals surface area (Å²) in [5, 5.41) is 0.206. The lowest BCUT2D eigenvalue weighted by Crippen LogP contribution is -2.35. The first-order valence-electron chi connectivity index (χ1n) is 7.10. The van der Waals surface area contributed by atoms with Crippen LogP contribution >= 0.6 is 31.9 Å². The van der Waals surface area contributed by atoms with Crippen LogP contribution in [0.1, 0.15) is 19.4 Å². The molecule has 2 rings (SSSR count). The minimum Gasteiger partial charge on any atom is -0.486 e. The zero-order chi connectivity index (χ0) is 17.0. The molecule has 0 amide bonds. The van der Waals surface area contributed by atoms with Gasteiger partial charge in [-0.05, 0) is 26.0 Å². The molecule has 0 aliphatic carbocycles. The van der Waals surface area contributed by atoms with E-state index in [9.17, 15) is 9.59 Å². The van der Waals surface area contributed by atoms with Crippen molar-refractivity contribution in [3.05, 3.63) is 45.6 Å². The molecule has 23 heavy (non-hydrogen) atoms. The van der Waals surface area contributed by atoms with Crippen molar-refractivity contribution in [3.63, 3.8) is 0 Å². The molecule has 0 bridgehead atoms. The molecule has 0 aromatic heterocycles. The Morgan fingerprint density at radius 2 is 1.87 bits per heavy atom. The first kappa shape index (κ1) is 18.0. The Kier molecular flexibility index (Phi) is 5.86. The topological polar surface area (TPSA) is 61.8 Å². The van der Waals surface area contributed by atoms with Crippen LogP contribution in [-0.2, 0) is 29.4 Å². The molecule has 1 heterocycles. The lowest BCUT2D eigenvalue weighted by atomic mass is 9.88. The third-order valence-electron chi connectivity index (χ3n) is 3.35. The number of carbonyl (C=O) groups is 2. The molecule has 0 fully saturated rings. The van der Waals surface area contributed by atoms with Gasteiger partial charge in [-0.1, -0.05) is 44.0 Å². The SMILES string of the molecule is CCOC(=O)C1=C(OCC)C(=O)OC1(CBr)c1ccc(Br)cc1. The van der Waals surface area contributed by atoms with Gasteiger partial charge in [0.25, 0.3) is 0 Å². The number of halogens is 2. The zero-order valence-corrected chi connectivity index (χ0v) is 15.9. The molecule has 7 heteroatoms. The van der Waals surface area contributed by atoms with Gasteiger partial charge in [0.15, 0.2) is 5.60 Å². The van der Waals surface area contributed by atoms with E-state index in [-0.39, 0.29) is 29.9 Å². The Morgan fingerprint density at radius 3 is 2.39 bits per heavy atom. The number of hydrogen-bond acceptors (Lipinski definition) is 5. The van der Waals surface area contributed by atoms with Crippen LogP contribution in [-0.4, -0.2) is 30.5 Å². The predicted molar refractivity (Wildman–Crippen MR) is 91.0 cm³/mol. The molecule has 0 saturated carbocycles. The molecule has 124 valence electrons. The van der Waals surface area contributed by atoms with Gasteiger partial charge < -0.3 is 14.2 Å². The highest BCUT2D eigenvalue weighted by Crippen LogP contribution is 2.44. The Bertz CT molecular complexity index is 638. The molecule has 0 saturated heterocycles. The predicted octanol–water partition coefficient (Wildman–Crippen LogP) is 3.45. The average Bonchev–Trinajstić information content (AvgIpc) is 2.82. The Hall–Kier alpha value is -1.34. The maximum atomic E-state index is 12.5. The molecule has 1 aromatic rings. The molecule has 1 atom stereocenters. The van der Waals surface area contributed by atoms with Gasteiger partial charge in [0.2, 0.25) is 5.76 Å². The van der Waals surface area contributed by atoms with E-state index in [4.69, 9.17) is 14.2 Å². The number of ether oxygens (including phenoxy) is 3. The second kappa shape index (κ2) is 7.49. The molecule has 0 spiro atoms. The monoisotopic (exact) mass is 446 g/mol. The molecule has 1 unspecified atom stereocenters. The summed E-state index contributed by atoms with van der Waals surface area (Å²) >= 11 is 6.73. The van der Waals surface area contributed by atoms with Crippen LogP contribution in [0.25, 0.3) is 0 Å². The number of esters is 2.